The number of nitrogens with two attached hydrogens (primary N) is 1. The van der Waals surface area contributed by atoms with Crippen LogP contribution in [-0.2, 0) is 16.1 Å². The van der Waals surface area contributed by atoms with E-state index in [0.717, 1.165) is 11.3 Å². The van der Waals surface area contributed by atoms with Crippen molar-refractivity contribution in [3.8, 4) is 0 Å². The summed E-state index contributed by atoms with van der Waals surface area (Å²) in [4.78, 5) is 23.6. The molecule has 0 atom stereocenters. The van der Waals surface area contributed by atoms with E-state index in [-0.39, 0.29) is 18.4 Å². The summed E-state index contributed by atoms with van der Waals surface area (Å²) in [6, 6.07) is 7.47. The number of amides is 2. The minimum absolute atomic E-state index is 0.116. The third kappa shape index (κ3) is 4.65. The highest BCUT2D eigenvalue weighted by atomic mass is 16.1. The van der Waals surface area contributed by atoms with Gasteiger partial charge < -0.3 is 11.1 Å². The van der Waals surface area contributed by atoms with Crippen molar-refractivity contribution in [1.82, 2.24) is 4.90 Å². The Kier molecular flexibility index (Phi) is 4.66. The molecule has 2 amide bonds. The topological polar surface area (TPSA) is 75.4 Å². The first-order valence-electron chi connectivity index (χ1n) is 5.31. The molecule has 0 saturated heterocycles. The Bertz CT molecular complexity index is 418. The van der Waals surface area contributed by atoms with Gasteiger partial charge in [-0.1, -0.05) is 18.2 Å². The van der Waals surface area contributed by atoms with Gasteiger partial charge in [-0.3, -0.25) is 14.5 Å². The third-order valence-electron chi connectivity index (χ3n) is 2.19. The molecular weight excluding hydrogens is 218 g/mol. The number of rotatable bonds is 5. The average molecular weight is 235 g/mol. The molecule has 0 aliphatic heterocycles. The number of carbonyl (C=O) groups excluding carboxylic acids is 2. The van der Waals surface area contributed by atoms with Crippen LogP contribution in [0.5, 0.6) is 0 Å². The molecule has 0 aliphatic carbocycles. The molecule has 0 aromatic heterocycles. The van der Waals surface area contributed by atoms with E-state index < -0.39 is 0 Å². The van der Waals surface area contributed by atoms with Crippen molar-refractivity contribution >= 4 is 17.5 Å². The van der Waals surface area contributed by atoms with Gasteiger partial charge in [-0.15, -0.1) is 0 Å². The smallest absolute Gasteiger partial charge is 0.231 e. The first-order chi connectivity index (χ1) is 7.99. The van der Waals surface area contributed by atoms with Crippen LogP contribution in [0, 0.1) is 0 Å². The van der Waals surface area contributed by atoms with Crippen LogP contribution >= 0.6 is 0 Å². The van der Waals surface area contributed by atoms with Crippen LogP contribution in [0.3, 0.4) is 0 Å². The Hall–Kier alpha value is -1.88. The maximum absolute atomic E-state index is 11.0. The second kappa shape index (κ2) is 6.00. The fraction of sp³-hybridized carbons (Fsp3) is 0.333. The molecule has 92 valence electrons. The highest BCUT2D eigenvalue weighted by Crippen LogP contribution is 2.16. The van der Waals surface area contributed by atoms with E-state index >= 15 is 0 Å². The van der Waals surface area contributed by atoms with E-state index in [1.54, 1.807) is 11.9 Å². The van der Waals surface area contributed by atoms with Gasteiger partial charge in [-0.25, -0.2) is 0 Å². The molecule has 17 heavy (non-hydrogen) atoms. The lowest BCUT2D eigenvalue weighted by Gasteiger charge is -2.17. The quantitative estimate of drug-likeness (QED) is 0.783. The molecular formula is C12H17N3O2. The molecule has 3 N–H and O–H groups in total. The normalized spacial score (nSPS) is 10.3. The number of hydrogen-bond acceptors (Lipinski definition) is 3. The minimum atomic E-state index is -0.371. The first kappa shape index (κ1) is 13.2. The SMILES string of the molecule is CC(=O)Nc1ccccc1CN(C)CC(N)=O. The average Bonchev–Trinajstić information content (AvgIpc) is 2.18. The van der Waals surface area contributed by atoms with Gasteiger partial charge in [0.2, 0.25) is 11.8 Å². The maximum atomic E-state index is 11.0. The number of nitrogens with one attached hydrogen (secondary N) is 1. The highest BCUT2D eigenvalue weighted by Gasteiger charge is 2.07. The van der Waals surface area contributed by atoms with Crippen LogP contribution in [0.1, 0.15) is 12.5 Å². The molecule has 1 aromatic rings. The molecule has 5 nitrogen and oxygen atoms in total. The minimum Gasteiger partial charge on any atom is -0.369 e. The van der Waals surface area contributed by atoms with E-state index in [1.165, 1.54) is 6.92 Å². The maximum Gasteiger partial charge on any atom is 0.231 e. The molecule has 0 heterocycles. The van der Waals surface area contributed by atoms with Crippen LogP contribution in [0.2, 0.25) is 0 Å². The summed E-state index contributed by atoms with van der Waals surface area (Å²) in [6.45, 7) is 2.21. The molecule has 0 bridgehead atoms. The van der Waals surface area contributed by atoms with Crippen LogP contribution < -0.4 is 11.1 Å². The highest BCUT2D eigenvalue weighted by molar-refractivity contribution is 5.89. The lowest BCUT2D eigenvalue weighted by molar-refractivity contribution is -0.119. The van der Waals surface area contributed by atoms with Crippen LogP contribution in [-0.4, -0.2) is 30.3 Å². The van der Waals surface area contributed by atoms with Gasteiger partial charge in [0.15, 0.2) is 0 Å². The number of carbonyl (C=O) groups is 2. The number of para-hydroxylation sites is 1. The van der Waals surface area contributed by atoms with Gasteiger partial charge >= 0.3 is 0 Å². The Morgan fingerprint density at radius 2 is 2.00 bits per heavy atom. The molecule has 0 aliphatic rings. The fourth-order valence-electron chi connectivity index (χ4n) is 1.58. The van der Waals surface area contributed by atoms with Gasteiger partial charge in [0.05, 0.1) is 6.54 Å². The molecule has 0 saturated carbocycles. The lowest BCUT2D eigenvalue weighted by atomic mass is 10.1. The zero-order valence-electron chi connectivity index (χ0n) is 10.1. The van der Waals surface area contributed by atoms with Gasteiger partial charge in [0, 0.05) is 19.2 Å². The molecule has 0 unspecified atom stereocenters. The summed E-state index contributed by atoms with van der Waals surface area (Å²) in [6.07, 6.45) is 0. The number of anilines is 1. The molecule has 0 spiro atoms. The number of likely N-dealkylation sites (N-methyl/N-ethyl adjacent to an activating group) is 1. The second-order valence-electron chi connectivity index (χ2n) is 3.98. The first-order valence-corrected chi connectivity index (χ1v) is 5.31. The molecule has 0 fully saturated rings. The van der Waals surface area contributed by atoms with Crippen molar-refractivity contribution in [2.45, 2.75) is 13.5 Å². The van der Waals surface area contributed by atoms with E-state index in [9.17, 15) is 9.59 Å². The zero-order valence-corrected chi connectivity index (χ0v) is 10.1. The van der Waals surface area contributed by atoms with Crippen molar-refractivity contribution in [3.05, 3.63) is 29.8 Å². The van der Waals surface area contributed by atoms with Crippen molar-refractivity contribution in [1.29, 1.82) is 0 Å². The zero-order chi connectivity index (χ0) is 12.8. The number of nitrogens with zero attached hydrogens (tertiary/aromatic N) is 1. The predicted octanol–water partition coefficient (Wildman–Crippen LogP) is 0.562. The fourth-order valence-corrected chi connectivity index (χ4v) is 1.58. The molecule has 1 aromatic carbocycles. The number of benzene rings is 1. The predicted molar refractivity (Wildman–Crippen MR) is 66.3 cm³/mol. The van der Waals surface area contributed by atoms with Crippen LogP contribution in [0.4, 0.5) is 5.69 Å². The molecule has 5 heteroatoms. The van der Waals surface area contributed by atoms with Crippen molar-refractivity contribution in [3.63, 3.8) is 0 Å². The summed E-state index contributed by atoms with van der Waals surface area (Å²) in [7, 11) is 1.80. The van der Waals surface area contributed by atoms with Crippen molar-refractivity contribution in [2.24, 2.45) is 5.73 Å². The Morgan fingerprint density at radius 1 is 1.35 bits per heavy atom. The van der Waals surface area contributed by atoms with Crippen molar-refractivity contribution in [2.75, 3.05) is 18.9 Å². The van der Waals surface area contributed by atoms with E-state index in [0.29, 0.717) is 6.54 Å². The monoisotopic (exact) mass is 235 g/mol. The van der Waals surface area contributed by atoms with Gasteiger partial charge in [-0.05, 0) is 18.7 Å². The van der Waals surface area contributed by atoms with Crippen LogP contribution in [0.15, 0.2) is 24.3 Å². The standard InChI is InChI=1S/C12H17N3O2/c1-9(16)14-11-6-4-3-5-10(11)7-15(2)8-12(13)17/h3-6H,7-8H2,1-2H3,(H2,13,17)(H,14,16). The summed E-state index contributed by atoms with van der Waals surface area (Å²) in [5.41, 5.74) is 6.83. The Morgan fingerprint density at radius 3 is 2.59 bits per heavy atom. The Balaban J connectivity index is 2.75. The largest absolute Gasteiger partial charge is 0.369 e. The lowest BCUT2D eigenvalue weighted by Crippen LogP contribution is -2.30. The second-order valence-corrected chi connectivity index (χ2v) is 3.98. The number of hydrogen-bond donors (Lipinski definition) is 2. The third-order valence-corrected chi connectivity index (χ3v) is 2.19. The van der Waals surface area contributed by atoms with Gasteiger partial charge in [0.1, 0.15) is 0 Å². The summed E-state index contributed by atoms with van der Waals surface area (Å²) < 4.78 is 0. The summed E-state index contributed by atoms with van der Waals surface area (Å²) in [5, 5.41) is 2.75. The summed E-state index contributed by atoms with van der Waals surface area (Å²) >= 11 is 0. The van der Waals surface area contributed by atoms with E-state index in [2.05, 4.69) is 5.32 Å². The van der Waals surface area contributed by atoms with E-state index in [1.807, 2.05) is 24.3 Å². The van der Waals surface area contributed by atoms with Crippen LogP contribution in [0.25, 0.3) is 0 Å². The van der Waals surface area contributed by atoms with E-state index in [4.69, 9.17) is 5.73 Å². The van der Waals surface area contributed by atoms with Gasteiger partial charge in [-0.2, -0.15) is 0 Å². The van der Waals surface area contributed by atoms with Gasteiger partial charge in [0.25, 0.3) is 0 Å². The molecule has 0 radical (unpaired) electrons. The van der Waals surface area contributed by atoms with Crippen molar-refractivity contribution < 1.29 is 9.59 Å². The number of primary amides is 1. The summed E-state index contributed by atoms with van der Waals surface area (Å²) in [5.74, 6) is -0.487. The molecule has 1 rings (SSSR count). The Labute approximate surface area is 101 Å².